The number of aromatic hydroxyl groups is 1. The number of amides is 1. The van der Waals surface area contributed by atoms with Gasteiger partial charge in [0.25, 0.3) is 5.91 Å². The molecule has 216 valence electrons. The lowest BCUT2D eigenvalue weighted by molar-refractivity contribution is -0.126. The number of ketones is 2. The van der Waals surface area contributed by atoms with Crippen molar-refractivity contribution in [1.82, 2.24) is 5.32 Å². The Morgan fingerprint density at radius 3 is 2.43 bits per heavy atom. The van der Waals surface area contributed by atoms with Crippen molar-refractivity contribution in [2.24, 2.45) is 23.5 Å². The van der Waals surface area contributed by atoms with Crippen LogP contribution in [0.25, 0.3) is 21.9 Å². The van der Waals surface area contributed by atoms with Crippen LogP contribution >= 0.6 is 0 Å². The Morgan fingerprint density at radius 2 is 1.74 bits per heavy atom. The number of primary amides is 1. The second kappa shape index (κ2) is 10.4. The van der Waals surface area contributed by atoms with Gasteiger partial charge in [0.1, 0.15) is 22.8 Å². The first-order valence-electron chi connectivity index (χ1n) is 14.3. The van der Waals surface area contributed by atoms with E-state index in [2.05, 4.69) is 43.4 Å². The van der Waals surface area contributed by atoms with E-state index in [9.17, 15) is 24.6 Å². The van der Waals surface area contributed by atoms with Crippen LogP contribution in [0.5, 0.6) is 5.75 Å². The normalized spacial score (nSPS) is 21.9. The third-order valence-electron chi connectivity index (χ3n) is 9.00. The first-order chi connectivity index (χ1) is 20.1. The number of aliphatic hydroxyl groups excluding tert-OH is 1. The SMILES string of the molecule is COC1=C(C(N)=O)C(=O)C2C(O)=C3C(=O)c4c(O)ccc(-c5ccc(CNC(C)C)c6ccccc56)c4C[C@H]3C[C@H]2C1. The van der Waals surface area contributed by atoms with Crippen molar-refractivity contribution >= 4 is 28.2 Å². The van der Waals surface area contributed by atoms with Crippen LogP contribution in [0.15, 0.2) is 71.2 Å². The van der Waals surface area contributed by atoms with E-state index < -0.39 is 23.4 Å². The van der Waals surface area contributed by atoms with E-state index in [1.807, 2.05) is 18.2 Å². The Labute approximate surface area is 243 Å². The van der Waals surface area contributed by atoms with Crippen molar-refractivity contribution in [2.45, 2.75) is 45.7 Å². The lowest BCUT2D eigenvalue weighted by atomic mass is 9.62. The minimum Gasteiger partial charge on any atom is -0.511 e. The van der Waals surface area contributed by atoms with Crippen LogP contribution in [0.2, 0.25) is 0 Å². The van der Waals surface area contributed by atoms with Crippen molar-refractivity contribution in [1.29, 1.82) is 0 Å². The Balaban J connectivity index is 1.47. The molecule has 0 aliphatic heterocycles. The molecule has 0 radical (unpaired) electrons. The number of hydrogen-bond donors (Lipinski definition) is 4. The summed E-state index contributed by atoms with van der Waals surface area (Å²) in [5.74, 6) is -4.10. The number of carbonyl (C=O) groups is 3. The van der Waals surface area contributed by atoms with Gasteiger partial charge in [0.2, 0.25) is 0 Å². The fraction of sp³-hybridized carbons (Fsp3) is 0.324. The van der Waals surface area contributed by atoms with Gasteiger partial charge in [-0.3, -0.25) is 14.4 Å². The molecule has 0 heterocycles. The Kier molecular flexibility index (Phi) is 6.89. The molecule has 0 aromatic heterocycles. The monoisotopic (exact) mass is 566 g/mol. The van der Waals surface area contributed by atoms with Crippen molar-refractivity contribution in [2.75, 3.05) is 7.11 Å². The fourth-order valence-electron chi connectivity index (χ4n) is 7.12. The summed E-state index contributed by atoms with van der Waals surface area (Å²) in [4.78, 5) is 39.5. The number of aliphatic hydroxyl groups is 1. The number of nitrogens with one attached hydrogen (secondary N) is 1. The Bertz CT molecular complexity index is 1730. The molecule has 6 rings (SSSR count). The zero-order valence-electron chi connectivity index (χ0n) is 23.9. The minimum absolute atomic E-state index is 0.134. The van der Waals surface area contributed by atoms with Gasteiger partial charge in [-0.1, -0.05) is 56.3 Å². The molecule has 0 saturated carbocycles. The highest BCUT2D eigenvalue weighted by Crippen LogP contribution is 2.51. The van der Waals surface area contributed by atoms with Crippen LogP contribution in [0.1, 0.15) is 48.2 Å². The summed E-state index contributed by atoms with van der Waals surface area (Å²) in [6, 6.07) is 16.0. The molecule has 3 aromatic rings. The van der Waals surface area contributed by atoms with Crippen molar-refractivity contribution in [3.05, 3.63) is 87.9 Å². The Morgan fingerprint density at radius 1 is 1.02 bits per heavy atom. The van der Waals surface area contributed by atoms with Gasteiger partial charge in [-0.15, -0.1) is 0 Å². The molecule has 8 heteroatoms. The number of phenolic OH excluding ortho intramolecular Hbond substituents is 1. The van der Waals surface area contributed by atoms with Gasteiger partial charge < -0.3 is 26.0 Å². The largest absolute Gasteiger partial charge is 0.511 e. The number of phenols is 1. The van der Waals surface area contributed by atoms with E-state index in [0.29, 0.717) is 18.9 Å². The van der Waals surface area contributed by atoms with E-state index in [-0.39, 0.29) is 52.2 Å². The van der Waals surface area contributed by atoms with E-state index in [1.54, 1.807) is 0 Å². The molecule has 0 bridgehead atoms. The molecule has 3 atom stereocenters. The number of benzene rings is 3. The molecule has 0 fully saturated rings. The van der Waals surface area contributed by atoms with Gasteiger partial charge in [-0.05, 0) is 63.8 Å². The molecule has 1 amide bonds. The highest BCUT2D eigenvalue weighted by Gasteiger charge is 2.50. The number of Topliss-reactive ketones (excluding diaryl/α,β-unsaturated/α-hetero) is 2. The van der Waals surface area contributed by atoms with Crippen LogP contribution in [-0.4, -0.2) is 40.8 Å². The molecular weight excluding hydrogens is 532 g/mol. The van der Waals surface area contributed by atoms with Gasteiger partial charge in [0.05, 0.1) is 18.6 Å². The Hall–Kier alpha value is -4.43. The molecule has 3 aliphatic carbocycles. The standard InChI is InChI=1S/C34H34N2O6/c1-16(2)36-15-17-8-9-22(21-7-5-4-6-20(17)21)23-10-11-25(37)29-24(23)13-18-12-19-14-26(42-3)30(34(35)41)33(40)28(19)31(38)27(18)32(29)39/h4-11,16,18-19,28,36-38H,12-15H2,1-3H3,(H2,35,41)/t18-,19+,28?/m1/s1. The van der Waals surface area contributed by atoms with E-state index >= 15 is 0 Å². The summed E-state index contributed by atoms with van der Waals surface area (Å²) in [5.41, 5.74) is 9.19. The third-order valence-corrected chi connectivity index (χ3v) is 9.00. The van der Waals surface area contributed by atoms with Crippen LogP contribution in [0.3, 0.4) is 0 Å². The van der Waals surface area contributed by atoms with E-state index in [4.69, 9.17) is 10.5 Å². The summed E-state index contributed by atoms with van der Waals surface area (Å²) in [6.45, 7) is 4.93. The van der Waals surface area contributed by atoms with E-state index in [0.717, 1.165) is 34.0 Å². The van der Waals surface area contributed by atoms with Crippen LogP contribution in [0.4, 0.5) is 0 Å². The number of ether oxygens (including phenoxy) is 1. The van der Waals surface area contributed by atoms with Gasteiger partial charge in [0.15, 0.2) is 11.6 Å². The van der Waals surface area contributed by atoms with Crippen molar-refractivity contribution in [3.8, 4) is 16.9 Å². The highest BCUT2D eigenvalue weighted by atomic mass is 16.5. The fourth-order valence-corrected chi connectivity index (χ4v) is 7.12. The molecular formula is C34H34N2O6. The van der Waals surface area contributed by atoms with Crippen molar-refractivity contribution in [3.63, 3.8) is 0 Å². The lowest BCUT2D eigenvalue weighted by Gasteiger charge is -2.41. The molecule has 0 spiro atoms. The summed E-state index contributed by atoms with van der Waals surface area (Å²) in [7, 11) is 1.39. The van der Waals surface area contributed by atoms with Gasteiger partial charge in [-0.2, -0.15) is 0 Å². The average Bonchev–Trinajstić information content (AvgIpc) is 2.95. The van der Waals surface area contributed by atoms with Crippen molar-refractivity contribution < 1.29 is 29.3 Å². The first-order valence-corrected chi connectivity index (χ1v) is 14.3. The summed E-state index contributed by atoms with van der Waals surface area (Å²) in [6.07, 6.45) is 1.10. The topological polar surface area (TPSA) is 139 Å². The predicted molar refractivity (Wildman–Crippen MR) is 159 cm³/mol. The summed E-state index contributed by atoms with van der Waals surface area (Å²) >= 11 is 0. The van der Waals surface area contributed by atoms with Crippen LogP contribution in [-0.2, 0) is 27.3 Å². The second-order valence-corrected chi connectivity index (χ2v) is 11.8. The summed E-state index contributed by atoms with van der Waals surface area (Å²) < 4.78 is 5.36. The molecule has 0 saturated heterocycles. The zero-order chi connectivity index (χ0) is 29.9. The molecule has 3 aromatic carbocycles. The maximum absolute atomic E-state index is 14.0. The van der Waals surface area contributed by atoms with Gasteiger partial charge in [0, 0.05) is 24.6 Å². The van der Waals surface area contributed by atoms with Crippen LogP contribution in [0, 0.1) is 17.8 Å². The lowest BCUT2D eigenvalue weighted by Crippen LogP contribution is -2.43. The maximum atomic E-state index is 14.0. The maximum Gasteiger partial charge on any atom is 0.255 e. The number of rotatable bonds is 6. The number of nitrogens with two attached hydrogens (primary N) is 1. The first kappa shape index (κ1) is 27.7. The third kappa shape index (κ3) is 4.29. The predicted octanol–water partition coefficient (Wildman–Crippen LogP) is 4.87. The second-order valence-electron chi connectivity index (χ2n) is 11.8. The number of methoxy groups -OCH3 is 1. The van der Waals surface area contributed by atoms with Gasteiger partial charge in [-0.25, -0.2) is 0 Å². The smallest absolute Gasteiger partial charge is 0.255 e. The van der Waals surface area contributed by atoms with Crippen LogP contribution < -0.4 is 11.1 Å². The molecule has 5 N–H and O–H groups in total. The molecule has 3 aliphatic rings. The molecule has 42 heavy (non-hydrogen) atoms. The number of fused-ring (bicyclic) bond motifs is 4. The van der Waals surface area contributed by atoms with Gasteiger partial charge >= 0.3 is 0 Å². The molecule has 8 nitrogen and oxygen atoms in total. The summed E-state index contributed by atoms with van der Waals surface area (Å²) in [5, 5.41) is 28.0. The number of carbonyl (C=O) groups excluding carboxylic acids is 3. The zero-order valence-corrected chi connectivity index (χ0v) is 23.9. The van der Waals surface area contributed by atoms with E-state index in [1.165, 1.54) is 18.7 Å². The quantitative estimate of drug-likeness (QED) is 0.312. The molecule has 1 unspecified atom stereocenters. The number of hydrogen-bond acceptors (Lipinski definition) is 7. The highest BCUT2D eigenvalue weighted by molar-refractivity contribution is 6.22. The average molecular weight is 567 g/mol. The minimum atomic E-state index is -1.05. The number of allylic oxidation sites excluding steroid dienone is 3.